The number of carbonyl (C=O) groups excluding carboxylic acids is 1. The van der Waals surface area contributed by atoms with Gasteiger partial charge in [0.25, 0.3) is 5.91 Å². The second kappa shape index (κ2) is 7.44. The van der Waals surface area contributed by atoms with E-state index in [9.17, 15) is 9.18 Å². The van der Waals surface area contributed by atoms with Gasteiger partial charge in [-0.1, -0.05) is 46.9 Å². The Hall–Kier alpha value is -2.08. The van der Waals surface area contributed by atoms with Gasteiger partial charge in [0, 0.05) is 11.2 Å². The maximum Gasteiger partial charge on any atom is 0.258 e. The van der Waals surface area contributed by atoms with Gasteiger partial charge in [-0.2, -0.15) is 5.10 Å². The lowest BCUT2D eigenvalue weighted by atomic mass is 10.2. The van der Waals surface area contributed by atoms with Crippen LogP contribution < -0.4 is 5.32 Å². The van der Waals surface area contributed by atoms with Gasteiger partial charge in [0.1, 0.15) is 10.8 Å². The fourth-order valence-electron chi connectivity index (χ4n) is 2.23. The molecule has 1 amide bonds. The van der Waals surface area contributed by atoms with E-state index < -0.39 is 5.91 Å². The first-order valence-corrected chi connectivity index (χ1v) is 8.29. The van der Waals surface area contributed by atoms with Crippen LogP contribution in [0.15, 0.2) is 48.7 Å². The van der Waals surface area contributed by atoms with Gasteiger partial charge >= 0.3 is 0 Å². The molecular formula is C17H11Cl3FN3O. The maximum absolute atomic E-state index is 13.2. The number of amides is 1. The lowest BCUT2D eigenvalue weighted by Gasteiger charge is -2.05. The molecule has 0 fully saturated rings. The molecular weight excluding hydrogens is 388 g/mol. The van der Waals surface area contributed by atoms with Gasteiger partial charge in [-0.15, -0.1) is 0 Å². The smallest absolute Gasteiger partial charge is 0.258 e. The highest BCUT2D eigenvalue weighted by Crippen LogP contribution is 2.24. The lowest BCUT2D eigenvalue weighted by Crippen LogP contribution is -2.13. The Labute approximate surface area is 158 Å². The largest absolute Gasteiger partial charge is 0.304 e. The first-order valence-electron chi connectivity index (χ1n) is 7.16. The van der Waals surface area contributed by atoms with Gasteiger partial charge in [0.2, 0.25) is 0 Å². The van der Waals surface area contributed by atoms with Crippen LogP contribution in [0.25, 0.3) is 0 Å². The molecule has 0 radical (unpaired) electrons. The topological polar surface area (TPSA) is 46.9 Å². The highest BCUT2D eigenvalue weighted by Gasteiger charge is 2.15. The number of aromatic nitrogens is 2. The molecule has 1 heterocycles. The molecule has 0 atom stereocenters. The van der Waals surface area contributed by atoms with E-state index in [2.05, 4.69) is 10.4 Å². The number of nitrogens with one attached hydrogen (secondary N) is 1. The van der Waals surface area contributed by atoms with Crippen LogP contribution in [-0.4, -0.2) is 15.7 Å². The van der Waals surface area contributed by atoms with Crippen LogP contribution in [0.3, 0.4) is 0 Å². The number of nitrogens with zero attached hydrogens (tertiary/aromatic N) is 2. The molecule has 0 aliphatic rings. The van der Waals surface area contributed by atoms with Crippen molar-refractivity contribution in [3.63, 3.8) is 0 Å². The molecule has 0 bridgehead atoms. The Morgan fingerprint density at radius 2 is 1.92 bits per heavy atom. The summed E-state index contributed by atoms with van der Waals surface area (Å²) in [6.07, 6.45) is 1.55. The quantitative estimate of drug-likeness (QED) is 0.649. The molecule has 0 unspecified atom stereocenters. The fraction of sp³-hybridized carbons (Fsp3) is 0.0588. The standard InChI is InChI=1S/C17H11Cl3FN3O/c18-11-4-5-13(14(19)7-11)17(25)22-16-15(20)9-24(23-16)8-10-2-1-3-12(21)6-10/h1-7,9H,8H2,(H,22,23,25). The molecule has 2 aromatic carbocycles. The van der Waals surface area contributed by atoms with E-state index in [-0.39, 0.29) is 27.2 Å². The molecule has 0 saturated heterocycles. The van der Waals surface area contributed by atoms with Crippen LogP contribution in [0.5, 0.6) is 0 Å². The summed E-state index contributed by atoms with van der Waals surface area (Å²) in [4.78, 5) is 12.3. The number of rotatable bonds is 4. The number of anilines is 1. The monoisotopic (exact) mass is 397 g/mol. The summed E-state index contributed by atoms with van der Waals surface area (Å²) in [6.45, 7) is 0.315. The summed E-state index contributed by atoms with van der Waals surface area (Å²) in [6, 6.07) is 10.7. The SMILES string of the molecule is O=C(Nc1nn(Cc2cccc(F)c2)cc1Cl)c1ccc(Cl)cc1Cl. The number of carbonyl (C=O) groups is 1. The van der Waals surface area contributed by atoms with Crippen molar-refractivity contribution < 1.29 is 9.18 Å². The summed E-state index contributed by atoms with van der Waals surface area (Å²) in [7, 11) is 0. The second-order valence-electron chi connectivity index (χ2n) is 5.23. The van der Waals surface area contributed by atoms with Crippen LogP contribution in [0.1, 0.15) is 15.9 Å². The van der Waals surface area contributed by atoms with Gasteiger partial charge in [-0.3, -0.25) is 9.48 Å². The minimum Gasteiger partial charge on any atom is -0.304 e. The van der Waals surface area contributed by atoms with Crippen molar-refractivity contribution in [2.45, 2.75) is 6.54 Å². The summed E-state index contributed by atoms with van der Waals surface area (Å²) < 4.78 is 14.8. The highest BCUT2D eigenvalue weighted by atomic mass is 35.5. The summed E-state index contributed by atoms with van der Waals surface area (Å²) in [5.74, 6) is -0.602. The summed E-state index contributed by atoms with van der Waals surface area (Å²) in [5, 5.41) is 7.72. The molecule has 1 N–H and O–H groups in total. The normalized spacial score (nSPS) is 10.7. The molecule has 3 rings (SSSR count). The average Bonchev–Trinajstić information content (AvgIpc) is 2.86. The Kier molecular flexibility index (Phi) is 5.27. The Bertz CT molecular complexity index is 943. The Balaban J connectivity index is 1.77. The number of halogens is 4. The van der Waals surface area contributed by atoms with Crippen molar-refractivity contribution in [1.29, 1.82) is 0 Å². The molecule has 128 valence electrons. The first kappa shape index (κ1) is 17.7. The van der Waals surface area contributed by atoms with Crippen molar-refractivity contribution in [3.8, 4) is 0 Å². The van der Waals surface area contributed by atoms with E-state index in [4.69, 9.17) is 34.8 Å². The number of benzene rings is 2. The van der Waals surface area contributed by atoms with Gasteiger partial charge < -0.3 is 5.32 Å². The molecule has 0 aliphatic carbocycles. The number of hydrogen-bond acceptors (Lipinski definition) is 2. The zero-order valence-electron chi connectivity index (χ0n) is 12.6. The van der Waals surface area contributed by atoms with Crippen molar-refractivity contribution in [3.05, 3.63) is 80.7 Å². The molecule has 4 nitrogen and oxygen atoms in total. The van der Waals surface area contributed by atoms with Crippen molar-refractivity contribution >= 4 is 46.5 Å². The zero-order valence-corrected chi connectivity index (χ0v) is 14.9. The molecule has 0 spiro atoms. The fourth-order valence-corrected chi connectivity index (χ4v) is 2.93. The van der Waals surface area contributed by atoms with Crippen LogP contribution in [0.4, 0.5) is 10.2 Å². The Morgan fingerprint density at radius 1 is 1.12 bits per heavy atom. The van der Waals surface area contributed by atoms with Crippen LogP contribution in [-0.2, 0) is 6.54 Å². The van der Waals surface area contributed by atoms with Crippen molar-refractivity contribution in [2.24, 2.45) is 0 Å². The summed E-state index contributed by atoms with van der Waals surface area (Å²) in [5.41, 5.74) is 0.972. The minimum absolute atomic E-state index is 0.189. The zero-order chi connectivity index (χ0) is 18.0. The van der Waals surface area contributed by atoms with Crippen molar-refractivity contribution in [1.82, 2.24) is 9.78 Å². The highest BCUT2D eigenvalue weighted by molar-refractivity contribution is 6.37. The van der Waals surface area contributed by atoms with Gasteiger partial charge in [-0.25, -0.2) is 4.39 Å². The van der Waals surface area contributed by atoms with E-state index in [0.29, 0.717) is 11.6 Å². The lowest BCUT2D eigenvalue weighted by molar-refractivity contribution is 0.102. The third kappa shape index (κ3) is 4.31. The minimum atomic E-state index is -0.459. The van der Waals surface area contributed by atoms with Gasteiger partial charge in [0.15, 0.2) is 5.82 Å². The van der Waals surface area contributed by atoms with Gasteiger partial charge in [-0.05, 0) is 35.9 Å². The van der Waals surface area contributed by atoms with Crippen LogP contribution in [0, 0.1) is 5.82 Å². The van der Waals surface area contributed by atoms with E-state index in [1.807, 2.05) is 0 Å². The van der Waals surface area contributed by atoms with E-state index in [1.165, 1.54) is 28.9 Å². The predicted octanol–water partition coefficient (Wildman–Crippen LogP) is 5.28. The van der Waals surface area contributed by atoms with E-state index in [1.54, 1.807) is 24.4 Å². The third-order valence-corrected chi connectivity index (χ3v) is 4.18. The molecule has 3 aromatic rings. The molecule has 1 aromatic heterocycles. The van der Waals surface area contributed by atoms with Crippen molar-refractivity contribution in [2.75, 3.05) is 5.32 Å². The van der Waals surface area contributed by atoms with E-state index >= 15 is 0 Å². The van der Waals surface area contributed by atoms with Gasteiger partial charge in [0.05, 0.1) is 17.1 Å². The molecule has 0 saturated carbocycles. The summed E-state index contributed by atoms with van der Waals surface area (Å²) >= 11 is 18.0. The first-order chi connectivity index (χ1) is 11.9. The molecule has 0 aliphatic heterocycles. The number of hydrogen-bond donors (Lipinski definition) is 1. The second-order valence-corrected chi connectivity index (χ2v) is 6.48. The Morgan fingerprint density at radius 3 is 2.64 bits per heavy atom. The van der Waals surface area contributed by atoms with E-state index in [0.717, 1.165) is 5.56 Å². The van der Waals surface area contributed by atoms with Crippen LogP contribution in [0.2, 0.25) is 15.1 Å². The predicted molar refractivity (Wildman–Crippen MR) is 97.2 cm³/mol. The average molecular weight is 399 g/mol. The molecule has 8 heteroatoms. The third-order valence-electron chi connectivity index (χ3n) is 3.36. The van der Waals surface area contributed by atoms with Crippen LogP contribution >= 0.6 is 34.8 Å². The maximum atomic E-state index is 13.2. The molecule has 25 heavy (non-hydrogen) atoms.